The number of rotatable bonds is 7. The zero-order valence-electron chi connectivity index (χ0n) is 11.6. The van der Waals surface area contributed by atoms with Gasteiger partial charge in [-0.15, -0.1) is 0 Å². The number of carbonyl (C=O) groups excluding carboxylic acids is 1. The van der Waals surface area contributed by atoms with Gasteiger partial charge in [0, 0.05) is 17.4 Å². The first-order valence-corrected chi connectivity index (χ1v) is 6.58. The highest BCUT2D eigenvalue weighted by Gasteiger charge is 2.13. The number of halogens is 2. The fourth-order valence-electron chi connectivity index (χ4n) is 2.16. The summed E-state index contributed by atoms with van der Waals surface area (Å²) in [5.74, 6) is 0.555. The van der Waals surface area contributed by atoms with Crippen molar-refractivity contribution in [2.75, 3.05) is 20.3 Å². The van der Waals surface area contributed by atoms with Crippen LogP contribution in [0, 0.1) is 0 Å². The Labute approximate surface area is 121 Å². The summed E-state index contributed by atoms with van der Waals surface area (Å²) in [4.78, 5) is 12.2. The fourth-order valence-corrected chi connectivity index (χ4v) is 2.16. The van der Waals surface area contributed by atoms with Gasteiger partial charge in [-0.05, 0) is 17.5 Å². The molecular weight excluding hydrogens is 278 g/mol. The molecule has 2 aromatic rings. The summed E-state index contributed by atoms with van der Waals surface area (Å²) in [5, 5.41) is 1.63. The number of hydrogen-bond donors (Lipinski definition) is 0. The Morgan fingerprint density at radius 1 is 1.14 bits per heavy atom. The molecule has 0 aliphatic heterocycles. The molecule has 0 aromatic heterocycles. The van der Waals surface area contributed by atoms with Gasteiger partial charge in [-0.25, -0.2) is 8.78 Å². The molecule has 0 spiro atoms. The van der Waals surface area contributed by atoms with Gasteiger partial charge >= 0.3 is 0 Å². The van der Waals surface area contributed by atoms with Crippen LogP contribution in [0.5, 0.6) is 5.75 Å². The minimum atomic E-state index is -2.51. The Morgan fingerprint density at radius 2 is 1.86 bits per heavy atom. The molecule has 3 nitrogen and oxygen atoms in total. The smallest absolute Gasteiger partial charge is 0.261 e. The van der Waals surface area contributed by atoms with Crippen molar-refractivity contribution in [2.45, 2.75) is 12.8 Å². The highest BCUT2D eigenvalue weighted by atomic mass is 19.3. The van der Waals surface area contributed by atoms with Gasteiger partial charge in [0.1, 0.15) is 12.4 Å². The van der Waals surface area contributed by atoms with Crippen LogP contribution in [0.3, 0.4) is 0 Å². The monoisotopic (exact) mass is 294 g/mol. The summed E-state index contributed by atoms with van der Waals surface area (Å²) in [6.07, 6.45) is -2.44. The molecule has 0 aliphatic rings. The second-order valence-electron chi connectivity index (χ2n) is 4.50. The van der Waals surface area contributed by atoms with E-state index in [4.69, 9.17) is 9.47 Å². The van der Waals surface area contributed by atoms with E-state index >= 15 is 0 Å². The molecular formula is C16H16F2O3. The van der Waals surface area contributed by atoms with E-state index in [2.05, 4.69) is 0 Å². The number of methoxy groups -OCH3 is 1. The Morgan fingerprint density at radius 3 is 2.52 bits per heavy atom. The second kappa shape index (κ2) is 7.13. The number of alkyl halides is 2. The van der Waals surface area contributed by atoms with Crippen molar-refractivity contribution >= 4 is 16.6 Å². The van der Waals surface area contributed by atoms with Crippen LogP contribution in [0.25, 0.3) is 10.8 Å². The van der Waals surface area contributed by atoms with Crippen molar-refractivity contribution < 1.29 is 23.0 Å². The molecule has 0 heterocycles. The van der Waals surface area contributed by atoms with Gasteiger partial charge in [-0.1, -0.05) is 24.3 Å². The summed E-state index contributed by atoms with van der Waals surface area (Å²) < 4.78 is 33.9. The number of hydrogen-bond acceptors (Lipinski definition) is 3. The molecule has 0 atom stereocenters. The van der Waals surface area contributed by atoms with Crippen LogP contribution in [-0.2, 0) is 4.74 Å². The lowest BCUT2D eigenvalue weighted by atomic mass is 9.99. The Hall–Kier alpha value is -2.01. The zero-order valence-corrected chi connectivity index (χ0v) is 11.6. The number of benzene rings is 2. The maximum Gasteiger partial charge on any atom is 0.261 e. The predicted molar refractivity (Wildman–Crippen MR) is 76.3 cm³/mol. The van der Waals surface area contributed by atoms with Crippen molar-refractivity contribution in [3.63, 3.8) is 0 Å². The van der Waals surface area contributed by atoms with Crippen molar-refractivity contribution in [3.8, 4) is 5.75 Å². The van der Waals surface area contributed by atoms with E-state index in [-0.39, 0.29) is 18.8 Å². The lowest BCUT2D eigenvalue weighted by Gasteiger charge is -2.10. The number of ether oxygens (including phenoxy) is 2. The van der Waals surface area contributed by atoms with E-state index in [1.165, 1.54) is 0 Å². The minimum absolute atomic E-state index is 0.0104. The molecule has 0 N–H and O–H groups in total. The second-order valence-corrected chi connectivity index (χ2v) is 4.50. The molecule has 0 radical (unpaired) electrons. The Bertz CT molecular complexity index is 626. The molecule has 2 rings (SSSR count). The van der Waals surface area contributed by atoms with Crippen LogP contribution in [0.2, 0.25) is 0 Å². The van der Waals surface area contributed by atoms with Crippen LogP contribution in [0.4, 0.5) is 8.78 Å². The highest BCUT2D eigenvalue weighted by molar-refractivity contribution is 6.09. The Balaban J connectivity index is 2.16. The molecule has 5 heteroatoms. The van der Waals surface area contributed by atoms with E-state index in [0.717, 1.165) is 10.8 Å². The average Bonchev–Trinajstić information content (AvgIpc) is 2.50. The van der Waals surface area contributed by atoms with E-state index < -0.39 is 13.0 Å². The molecule has 0 aliphatic carbocycles. The number of carbonyl (C=O) groups is 1. The first kappa shape index (κ1) is 15.4. The lowest BCUT2D eigenvalue weighted by Crippen LogP contribution is -2.09. The normalized spacial score (nSPS) is 11.0. The van der Waals surface area contributed by atoms with Gasteiger partial charge < -0.3 is 9.47 Å². The molecule has 0 saturated heterocycles. The zero-order chi connectivity index (χ0) is 15.2. The molecule has 112 valence electrons. The first-order valence-electron chi connectivity index (χ1n) is 6.58. The summed E-state index contributed by atoms with van der Waals surface area (Å²) in [6.45, 7) is -0.653. The molecule has 2 aromatic carbocycles. The SMILES string of the molecule is COc1ccc(C(=O)CCOCC(F)F)c2ccccc12. The molecule has 0 bridgehead atoms. The molecule has 0 amide bonds. The Kier molecular flexibility index (Phi) is 5.22. The van der Waals surface area contributed by atoms with Gasteiger partial charge in [-0.3, -0.25) is 4.79 Å². The van der Waals surface area contributed by atoms with E-state index in [1.807, 2.05) is 24.3 Å². The molecule has 0 unspecified atom stereocenters. The molecule has 0 fully saturated rings. The standard InChI is InChI=1S/C16H16F2O3/c1-20-15-7-6-12(11-4-2-3-5-13(11)15)14(19)8-9-21-10-16(17)18/h2-7,16H,8-10H2,1H3. The summed E-state index contributed by atoms with van der Waals surface area (Å²) >= 11 is 0. The third-order valence-corrected chi connectivity index (χ3v) is 3.12. The maximum absolute atomic E-state index is 12.2. The molecule has 21 heavy (non-hydrogen) atoms. The topological polar surface area (TPSA) is 35.5 Å². The van der Waals surface area contributed by atoms with Crippen molar-refractivity contribution in [1.82, 2.24) is 0 Å². The van der Waals surface area contributed by atoms with Crippen molar-refractivity contribution in [3.05, 3.63) is 42.0 Å². The van der Waals surface area contributed by atoms with Crippen LogP contribution in [0.15, 0.2) is 36.4 Å². The third-order valence-electron chi connectivity index (χ3n) is 3.12. The minimum Gasteiger partial charge on any atom is -0.496 e. The summed E-state index contributed by atoms with van der Waals surface area (Å²) in [7, 11) is 1.57. The summed E-state index contributed by atoms with van der Waals surface area (Å²) in [5.41, 5.74) is 0.548. The maximum atomic E-state index is 12.2. The largest absolute Gasteiger partial charge is 0.496 e. The average molecular weight is 294 g/mol. The van der Waals surface area contributed by atoms with Gasteiger partial charge in [0.05, 0.1) is 13.7 Å². The third kappa shape index (κ3) is 3.76. The number of Topliss-reactive ketones (excluding diaryl/α,β-unsaturated/α-hetero) is 1. The fraction of sp³-hybridized carbons (Fsp3) is 0.312. The van der Waals surface area contributed by atoms with Gasteiger partial charge in [0.2, 0.25) is 0 Å². The van der Waals surface area contributed by atoms with Crippen LogP contribution >= 0.6 is 0 Å². The highest BCUT2D eigenvalue weighted by Crippen LogP contribution is 2.28. The van der Waals surface area contributed by atoms with E-state index in [9.17, 15) is 13.6 Å². The van der Waals surface area contributed by atoms with E-state index in [0.29, 0.717) is 11.3 Å². The quantitative estimate of drug-likeness (QED) is 0.577. The number of ketones is 1. The lowest BCUT2D eigenvalue weighted by molar-refractivity contribution is 0.0170. The van der Waals surface area contributed by atoms with Crippen molar-refractivity contribution in [1.29, 1.82) is 0 Å². The first-order chi connectivity index (χ1) is 10.1. The number of fused-ring (bicyclic) bond motifs is 1. The van der Waals surface area contributed by atoms with Crippen molar-refractivity contribution in [2.24, 2.45) is 0 Å². The van der Waals surface area contributed by atoms with Crippen LogP contribution < -0.4 is 4.74 Å². The van der Waals surface area contributed by atoms with Crippen LogP contribution in [-0.4, -0.2) is 32.5 Å². The van der Waals surface area contributed by atoms with E-state index in [1.54, 1.807) is 19.2 Å². The summed E-state index contributed by atoms with van der Waals surface area (Å²) in [6, 6.07) is 10.8. The predicted octanol–water partition coefficient (Wildman–Crippen LogP) is 3.70. The van der Waals surface area contributed by atoms with Gasteiger partial charge in [-0.2, -0.15) is 0 Å². The van der Waals surface area contributed by atoms with Gasteiger partial charge in [0.15, 0.2) is 5.78 Å². The molecule has 0 saturated carbocycles. The van der Waals surface area contributed by atoms with Gasteiger partial charge in [0.25, 0.3) is 6.43 Å². The van der Waals surface area contributed by atoms with Crippen LogP contribution in [0.1, 0.15) is 16.8 Å².